The summed E-state index contributed by atoms with van der Waals surface area (Å²) in [6.07, 6.45) is 3.90. The van der Waals surface area contributed by atoms with Crippen LogP contribution in [0.2, 0.25) is 0 Å². The van der Waals surface area contributed by atoms with Crippen molar-refractivity contribution >= 4 is 17.7 Å². The van der Waals surface area contributed by atoms with Gasteiger partial charge < -0.3 is 19.7 Å². The van der Waals surface area contributed by atoms with Gasteiger partial charge in [0.25, 0.3) is 0 Å². The van der Waals surface area contributed by atoms with Gasteiger partial charge in [-0.05, 0) is 87.3 Å². The molecule has 6 nitrogen and oxygen atoms in total. The van der Waals surface area contributed by atoms with Crippen molar-refractivity contribution < 1.29 is 19.1 Å². The average molecular weight is 481 g/mol. The maximum Gasteiger partial charge on any atom is 0.410 e. The van der Waals surface area contributed by atoms with Gasteiger partial charge in [0.1, 0.15) is 18.0 Å². The lowest BCUT2D eigenvalue weighted by Crippen LogP contribution is -2.47. The second-order valence-electron chi connectivity index (χ2n) is 11.2. The number of nitrogens with one attached hydrogen (secondary N) is 1. The van der Waals surface area contributed by atoms with Gasteiger partial charge in [0.2, 0.25) is 5.91 Å². The van der Waals surface area contributed by atoms with Crippen LogP contribution in [0.3, 0.4) is 0 Å². The first kappa shape index (κ1) is 26.6. The molecule has 2 amide bonds. The fraction of sp³-hybridized carbons (Fsp3) is 0.517. The van der Waals surface area contributed by atoms with Crippen molar-refractivity contribution in [2.45, 2.75) is 78.9 Å². The highest BCUT2D eigenvalue weighted by Crippen LogP contribution is 2.37. The monoisotopic (exact) mass is 480 g/mol. The highest BCUT2D eigenvalue weighted by atomic mass is 16.6. The zero-order valence-electron chi connectivity index (χ0n) is 22.0. The number of nitrogens with zero attached hydrogens (tertiary/aromatic N) is 1. The second kappa shape index (κ2) is 11.1. The van der Waals surface area contributed by atoms with E-state index in [1.165, 1.54) is 6.92 Å². The Morgan fingerprint density at radius 3 is 2.29 bits per heavy atom. The summed E-state index contributed by atoms with van der Waals surface area (Å²) in [6, 6.07) is 15.8. The largest absolute Gasteiger partial charge is 0.492 e. The van der Waals surface area contributed by atoms with E-state index in [1.54, 1.807) is 0 Å². The van der Waals surface area contributed by atoms with Crippen molar-refractivity contribution in [2.24, 2.45) is 5.41 Å². The summed E-state index contributed by atoms with van der Waals surface area (Å²) in [6.45, 7) is 12.7. The van der Waals surface area contributed by atoms with Crippen molar-refractivity contribution in [2.75, 3.05) is 18.5 Å². The Kier molecular flexibility index (Phi) is 8.47. The van der Waals surface area contributed by atoms with Crippen molar-refractivity contribution in [1.82, 2.24) is 4.90 Å². The van der Waals surface area contributed by atoms with E-state index in [0.717, 1.165) is 48.2 Å². The topological polar surface area (TPSA) is 67.9 Å². The third-order valence-electron chi connectivity index (χ3n) is 6.35. The Morgan fingerprint density at radius 2 is 1.69 bits per heavy atom. The lowest BCUT2D eigenvalue weighted by atomic mass is 9.75. The van der Waals surface area contributed by atoms with E-state index < -0.39 is 5.60 Å². The zero-order chi connectivity index (χ0) is 25.6. The molecule has 0 aromatic heterocycles. The first-order valence-corrected chi connectivity index (χ1v) is 12.5. The Labute approximate surface area is 210 Å². The van der Waals surface area contributed by atoms with Gasteiger partial charge in [0.15, 0.2) is 0 Å². The van der Waals surface area contributed by atoms with Crippen LogP contribution in [-0.4, -0.2) is 41.7 Å². The molecule has 1 N–H and O–H groups in total. The molecule has 0 atom stereocenters. The van der Waals surface area contributed by atoms with Crippen molar-refractivity contribution in [3.63, 3.8) is 0 Å². The minimum absolute atomic E-state index is 0.0942. The van der Waals surface area contributed by atoms with Crippen LogP contribution >= 0.6 is 0 Å². The molecule has 190 valence electrons. The quantitative estimate of drug-likeness (QED) is 0.468. The van der Waals surface area contributed by atoms with Crippen LogP contribution in [-0.2, 0) is 9.53 Å². The summed E-state index contributed by atoms with van der Waals surface area (Å²) in [5, 5.41) is 2.81. The van der Waals surface area contributed by atoms with E-state index in [2.05, 4.69) is 19.2 Å². The van der Waals surface area contributed by atoms with Gasteiger partial charge in [-0.2, -0.15) is 0 Å². The van der Waals surface area contributed by atoms with Crippen LogP contribution in [0, 0.1) is 5.41 Å². The average Bonchev–Trinajstić information content (AvgIpc) is 2.76. The molecule has 0 heterocycles. The fourth-order valence-corrected chi connectivity index (χ4v) is 4.42. The molecular weight excluding hydrogens is 440 g/mol. The van der Waals surface area contributed by atoms with E-state index in [-0.39, 0.29) is 18.0 Å². The molecule has 0 spiro atoms. The van der Waals surface area contributed by atoms with Gasteiger partial charge in [-0.15, -0.1) is 0 Å². The number of hydrogen-bond acceptors (Lipinski definition) is 4. The molecule has 0 radical (unpaired) electrons. The van der Waals surface area contributed by atoms with Crippen LogP contribution in [0.1, 0.15) is 67.2 Å². The van der Waals surface area contributed by atoms with Crippen LogP contribution in [0.5, 0.6) is 5.75 Å². The molecule has 0 saturated heterocycles. The molecule has 0 bridgehead atoms. The summed E-state index contributed by atoms with van der Waals surface area (Å²) in [7, 11) is 0. The van der Waals surface area contributed by atoms with Gasteiger partial charge in [0.05, 0.1) is 6.54 Å². The van der Waals surface area contributed by atoms with Gasteiger partial charge in [-0.1, -0.05) is 38.1 Å². The standard InChI is InChI=1S/C29H40N2O4/c1-21(32)30-24-9-7-8-23(20-24)22-10-12-26(13-11-22)34-19-18-31(27(33)35-28(2,3)4)25-14-16-29(5,6)17-15-25/h7-13,20,25H,14-19H2,1-6H3,(H,30,32). The predicted molar refractivity (Wildman–Crippen MR) is 141 cm³/mol. The van der Waals surface area contributed by atoms with E-state index in [1.807, 2.05) is 74.2 Å². The molecule has 3 rings (SSSR count). The smallest absolute Gasteiger partial charge is 0.410 e. The molecule has 1 fully saturated rings. The summed E-state index contributed by atoms with van der Waals surface area (Å²) in [5.74, 6) is 0.656. The number of amides is 2. The van der Waals surface area contributed by atoms with Gasteiger partial charge in [0, 0.05) is 18.7 Å². The Bertz CT molecular complexity index is 998. The number of carbonyl (C=O) groups is 2. The van der Waals surface area contributed by atoms with E-state index >= 15 is 0 Å². The summed E-state index contributed by atoms with van der Waals surface area (Å²) in [5.41, 5.74) is 2.61. The predicted octanol–water partition coefficient (Wildman–Crippen LogP) is 6.90. The molecule has 1 aliphatic rings. The van der Waals surface area contributed by atoms with Gasteiger partial charge in [-0.25, -0.2) is 4.79 Å². The highest BCUT2D eigenvalue weighted by Gasteiger charge is 2.34. The van der Waals surface area contributed by atoms with E-state index in [0.29, 0.717) is 18.6 Å². The van der Waals surface area contributed by atoms with Crippen LogP contribution < -0.4 is 10.1 Å². The fourth-order valence-electron chi connectivity index (χ4n) is 4.42. The maximum atomic E-state index is 13.0. The normalized spacial score (nSPS) is 15.8. The molecular formula is C29H40N2O4. The lowest BCUT2D eigenvalue weighted by molar-refractivity contribution is -0.114. The van der Waals surface area contributed by atoms with Crippen LogP contribution in [0.4, 0.5) is 10.5 Å². The molecule has 6 heteroatoms. The first-order valence-electron chi connectivity index (χ1n) is 12.5. The third-order valence-corrected chi connectivity index (χ3v) is 6.35. The zero-order valence-corrected chi connectivity index (χ0v) is 22.0. The molecule has 1 saturated carbocycles. The Hall–Kier alpha value is -3.02. The first-order chi connectivity index (χ1) is 16.4. The molecule has 35 heavy (non-hydrogen) atoms. The molecule has 0 aliphatic heterocycles. The maximum absolute atomic E-state index is 13.0. The summed E-state index contributed by atoms with van der Waals surface area (Å²) < 4.78 is 11.7. The number of benzene rings is 2. The number of ether oxygens (including phenoxy) is 2. The molecule has 0 unspecified atom stereocenters. The minimum atomic E-state index is -0.531. The summed E-state index contributed by atoms with van der Waals surface area (Å²) in [4.78, 5) is 26.2. The summed E-state index contributed by atoms with van der Waals surface area (Å²) >= 11 is 0. The Balaban J connectivity index is 1.61. The lowest BCUT2D eigenvalue weighted by Gasteiger charge is -2.40. The van der Waals surface area contributed by atoms with Crippen LogP contribution in [0.25, 0.3) is 11.1 Å². The Morgan fingerprint density at radius 1 is 1.03 bits per heavy atom. The third kappa shape index (κ3) is 8.30. The van der Waals surface area contributed by atoms with Crippen molar-refractivity contribution in [3.8, 4) is 16.9 Å². The number of anilines is 1. The van der Waals surface area contributed by atoms with E-state index in [4.69, 9.17) is 9.47 Å². The SMILES string of the molecule is CC(=O)Nc1cccc(-c2ccc(OCCN(C(=O)OC(C)(C)C)C3CCC(C)(C)CC3)cc2)c1. The number of hydrogen-bond donors (Lipinski definition) is 1. The molecule has 2 aromatic rings. The van der Waals surface area contributed by atoms with E-state index in [9.17, 15) is 9.59 Å². The minimum Gasteiger partial charge on any atom is -0.492 e. The van der Waals surface area contributed by atoms with Crippen LogP contribution in [0.15, 0.2) is 48.5 Å². The number of rotatable bonds is 7. The van der Waals surface area contributed by atoms with Crippen molar-refractivity contribution in [3.05, 3.63) is 48.5 Å². The molecule has 2 aromatic carbocycles. The van der Waals surface area contributed by atoms with Crippen molar-refractivity contribution in [1.29, 1.82) is 0 Å². The van der Waals surface area contributed by atoms with Gasteiger partial charge in [-0.3, -0.25) is 4.79 Å². The number of carbonyl (C=O) groups excluding carboxylic acids is 2. The second-order valence-corrected chi connectivity index (χ2v) is 11.2. The highest BCUT2D eigenvalue weighted by molar-refractivity contribution is 5.89. The molecule has 1 aliphatic carbocycles. The van der Waals surface area contributed by atoms with Gasteiger partial charge >= 0.3 is 6.09 Å².